The topological polar surface area (TPSA) is 62.2 Å². The Kier molecular flexibility index (Phi) is 5.73. The Morgan fingerprint density at radius 1 is 0.939 bits per heavy atom. The van der Waals surface area contributed by atoms with Gasteiger partial charge in [-0.1, -0.05) is 31.2 Å². The van der Waals surface area contributed by atoms with E-state index in [1.807, 2.05) is 42.5 Å². The zero-order valence-corrected chi connectivity index (χ0v) is 19.0. The van der Waals surface area contributed by atoms with E-state index < -0.39 is 0 Å². The van der Waals surface area contributed by atoms with Gasteiger partial charge in [-0.05, 0) is 73.0 Å². The molecular weight excluding hydrogens is 414 g/mol. The van der Waals surface area contributed by atoms with Crippen molar-refractivity contribution in [3.63, 3.8) is 0 Å². The van der Waals surface area contributed by atoms with Crippen LogP contribution in [0.2, 0.25) is 0 Å². The number of hydrogen-bond donors (Lipinski definition) is 2. The summed E-state index contributed by atoms with van der Waals surface area (Å²) in [4.78, 5) is 2.40. The summed E-state index contributed by atoms with van der Waals surface area (Å²) in [7, 11) is 0. The van der Waals surface area contributed by atoms with Gasteiger partial charge in [0, 0.05) is 30.3 Å². The zero-order chi connectivity index (χ0) is 22.9. The Morgan fingerprint density at radius 2 is 1.64 bits per heavy atom. The Labute approximate surface area is 194 Å². The molecule has 0 bridgehead atoms. The molecule has 0 unspecified atom stereocenters. The summed E-state index contributed by atoms with van der Waals surface area (Å²) in [5, 5.41) is 19.8. The monoisotopic (exact) mass is 443 g/mol. The van der Waals surface area contributed by atoms with Crippen LogP contribution in [-0.4, -0.2) is 40.9 Å². The van der Waals surface area contributed by atoms with Gasteiger partial charge < -0.3 is 19.7 Å². The molecule has 0 amide bonds. The second kappa shape index (κ2) is 8.83. The highest BCUT2D eigenvalue weighted by Crippen LogP contribution is 2.47. The first-order chi connectivity index (χ1) is 16.0. The molecule has 0 aliphatic carbocycles. The molecule has 0 aromatic heterocycles. The predicted octanol–water partition coefficient (Wildman–Crippen LogP) is 5.64. The van der Waals surface area contributed by atoms with Crippen LogP contribution in [0.25, 0.3) is 11.1 Å². The Balaban J connectivity index is 1.44. The average Bonchev–Trinajstić information content (AvgIpc) is 2.79. The van der Waals surface area contributed by atoms with Crippen molar-refractivity contribution in [1.82, 2.24) is 4.90 Å². The van der Waals surface area contributed by atoms with Gasteiger partial charge in [0.15, 0.2) is 0 Å². The van der Waals surface area contributed by atoms with Crippen molar-refractivity contribution in [3.8, 4) is 23.0 Å². The van der Waals surface area contributed by atoms with Crippen molar-refractivity contribution >= 4 is 11.1 Å². The molecule has 2 heterocycles. The lowest BCUT2D eigenvalue weighted by molar-refractivity contribution is 0.0202. The highest BCUT2D eigenvalue weighted by atomic mass is 16.5. The number of phenolic OH excluding ortho intramolecular Hbond substituents is 2. The van der Waals surface area contributed by atoms with Crippen molar-refractivity contribution in [2.45, 2.75) is 32.5 Å². The Morgan fingerprint density at radius 3 is 2.33 bits per heavy atom. The smallest absolute Gasteiger partial charge is 0.150 e. The number of benzene rings is 3. The Bertz CT molecular complexity index is 1160. The van der Waals surface area contributed by atoms with Crippen molar-refractivity contribution in [1.29, 1.82) is 0 Å². The molecule has 5 rings (SSSR count). The molecule has 1 atom stereocenters. The third-order valence-electron chi connectivity index (χ3n) is 6.41. The molecule has 1 fully saturated rings. The van der Waals surface area contributed by atoms with E-state index in [0.717, 1.165) is 53.2 Å². The second-order valence-electron chi connectivity index (χ2n) is 8.83. The largest absolute Gasteiger partial charge is 0.508 e. The molecule has 5 heteroatoms. The van der Waals surface area contributed by atoms with Gasteiger partial charge in [-0.2, -0.15) is 0 Å². The van der Waals surface area contributed by atoms with E-state index in [9.17, 15) is 10.2 Å². The predicted molar refractivity (Wildman–Crippen MR) is 130 cm³/mol. The van der Waals surface area contributed by atoms with Crippen LogP contribution in [0.3, 0.4) is 0 Å². The van der Waals surface area contributed by atoms with Gasteiger partial charge in [0.1, 0.15) is 35.2 Å². The molecule has 3 aromatic rings. The summed E-state index contributed by atoms with van der Waals surface area (Å²) < 4.78 is 12.6. The van der Waals surface area contributed by atoms with E-state index in [4.69, 9.17) is 9.47 Å². The number of rotatable bonds is 6. The molecule has 0 radical (unpaired) electrons. The number of fused-ring (bicyclic) bond motifs is 1. The first-order valence-corrected chi connectivity index (χ1v) is 11.5. The van der Waals surface area contributed by atoms with Crippen LogP contribution in [0, 0.1) is 0 Å². The first kappa shape index (κ1) is 21.4. The number of phenols is 2. The van der Waals surface area contributed by atoms with Gasteiger partial charge in [-0.15, -0.1) is 0 Å². The first-order valence-electron chi connectivity index (χ1n) is 11.5. The molecular formula is C28H29NO4. The normalized spacial score (nSPS) is 18.4. The van der Waals surface area contributed by atoms with Crippen molar-refractivity contribution < 1.29 is 19.7 Å². The van der Waals surface area contributed by atoms with E-state index in [2.05, 4.69) is 18.7 Å². The fraction of sp³-hybridized carbons (Fsp3) is 0.286. The summed E-state index contributed by atoms with van der Waals surface area (Å²) in [5.41, 5.74) is 5.06. The summed E-state index contributed by atoms with van der Waals surface area (Å²) in [6, 6.07) is 20.5. The molecule has 1 saturated heterocycles. The van der Waals surface area contributed by atoms with Crippen LogP contribution >= 0.6 is 0 Å². The van der Waals surface area contributed by atoms with Crippen molar-refractivity contribution in [3.05, 3.63) is 83.4 Å². The zero-order valence-electron chi connectivity index (χ0n) is 19.0. The van der Waals surface area contributed by atoms with Gasteiger partial charge >= 0.3 is 0 Å². The van der Waals surface area contributed by atoms with Crippen LogP contribution < -0.4 is 9.47 Å². The number of likely N-dealkylation sites (tertiary alicyclic amines) is 1. The fourth-order valence-electron chi connectivity index (χ4n) is 4.70. The highest BCUT2D eigenvalue weighted by Gasteiger charge is 2.30. The number of hydrogen-bond acceptors (Lipinski definition) is 5. The van der Waals surface area contributed by atoms with E-state index in [0.29, 0.717) is 5.75 Å². The summed E-state index contributed by atoms with van der Waals surface area (Å²) in [6.45, 7) is 7.36. The Hall–Kier alpha value is -3.44. The average molecular weight is 444 g/mol. The molecule has 5 nitrogen and oxygen atoms in total. The molecule has 3 aromatic carbocycles. The van der Waals surface area contributed by atoms with Gasteiger partial charge in [-0.3, -0.25) is 4.90 Å². The van der Waals surface area contributed by atoms with Crippen molar-refractivity contribution in [2.24, 2.45) is 0 Å². The fourth-order valence-corrected chi connectivity index (χ4v) is 4.70. The molecule has 2 N–H and O–H groups in total. The maximum Gasteiger partial charge on any atom is 0.150 e. The molecule has 170 valence electrons. The number of aromatic hydroxyl groups is 2. The van der Waals surface area contributed by atoms with E-state index in [1.165, 1.54) is 6.42 Å². The third-order valence-corrected chi connectivity index (χ3v) is 6.41. The molecule has 0 spiro atoms. The minimum atomic E-state index is -0.346. The van der Waals surface area contributed by atoms with Gasteiger partial charge in [0.25, 0.3) is 0 Å². The summed E-state index contributed by atoms with van der Waals surface area (Å²) >= 11 is 0. The maximum atomic E-state index is 10.0. The SMILES string of the molecule is CCCN1CC(Oc2ccc([C@@H]3Oc4cc(O)ccc4C(C)=C3c3ccc(O)cc3)cc2)C1. The minimum Gasteiger partial charge on any atom is -0.508 e. The lowest BCUT2D eigenvalue weighted by atomic mass is 9.86. The van der Waals surface area contributed by atoms with Gasteiger partial charge in [-0.25, -0.2) is 0 Å². The third kappa shape index (κ3) is 4.29. The molecule has 33 heavy (non-hydrogen) atoms. The maximum absolute atomic E-state index is 10.0. The van der Waals surface area contributed by atoms with Gasteiger partial charge in [0.2, 0.25) is 0 Å². The lowest BCUT2D eigenvalue weighted by Crippen LogP contribution is -2.53. The standard InChI is InChI=1S/C28H29NO4/c1-3-14-29-16-24(17-29)32-23-11-6-20(7-12-23)28-27(19-4-8-21(30)9-5-19)18(2)25-13-10-22(31)15-26(25)33-28/h4-13,15,24,28,30-31H,3,14,16-17H2,1-2H3/t28-/m0/s1. The quantitative estimate of drug-likeness (QED) is 0.517. The van der Waals surface area contributed by atoms with Gasteiger partial charge in [0.05, 0.1) is 0 Å². The molecule has 2 aliphatic rings. The summed E-state index contributed by atoms with van der Waals surface area (Å²) in [6.07, 6.45) is 1.07. The van der Waals surface area contributed by atoms with E-state index >= 15 is 0 Å². The minimum absolute atomic E-state index is 0.176. The van der Waals surface area contributed by atoms with Crippen LogP contribution in [0.1, 0.15) is 43.1 Å². The molecule has 2 aliphatic heterocycles. The number of ether oxygens (including phenoxy) is 2. The van der Waals surface area contributed by atoms with Crippen LogP contribution in [0.5, 0.6) is 23.0 Å². The second-order valence-corrected chi connectivity index (χ2v) is 8.83. The number of allylic oxidation sites excluding steroid dienone is 1. The summed E-state index contributed by atoms with van der Waals surface area (Å²) in [5.74, 6) is 1.92. The number of nitrogens with zero attached hydrogens (tertiary/aromatic N) is 1. The van der Waals surface area contributed by atoms with Crippen LogP contribution in [-0.2, 0) is 0 Å². The van der Waals surface area contributed by atoms with Crippen molar-refractivity contribution in [2.75, 3.05) is 19.6 Å². The van der Waals surface area contributed by atoms with E-state index in [-0.39, 0.29) is 23.7 Å². The molecule has 0 saturated carbocycles. The lowest BCUT2D eigenvalue weighted by Gasteiger charge is -2.38. The van der Waals surface area contributed by atoms with Crippen LogP contribution in [0.4, 0.5) is 0 Å². The van der Waals surface area contributed by atoms with E-state index in [1.54, 1.807) is 24.3 Å². The highest BCUT2D eigenvalue weighted by molar-refractivity contribution is 5.95. The van der Waals surface area contributed by atoms with Crippen LogP contribution in [0.15, 0.2) is 66.7 Å².